The number of benzene rings is 1. The third kappa shape index (κ3) is 4.42. The topological polar surface area (TPSA) is 43.1 Å². The first-order valence-electron chi connectivity index (χ1n) is 5.62. The first-order chi connectivity index (χ1) is 8.34. The van der Waals surface area contributed by atoms with Crippen LogP contribution in [0.2, 0.25) is 0 Å². The van der Waals surface area contributed by atoms with Crippen molar-refractivity contribution in [1.82, 2.24) is 0 Å². The molecule has 2 nitrogen and oxygen atoms in total. The molecule has 0 fully saturated rings. The highest BCUT2D eigenvalue weighted by molar-refractivity contribution is 7.85. The summed E-state index contributed by atoms with van der Waals surface area (Å²) in [6.07, 6.45) is -3.61. The van der Waals surface area contributed by atoms with Crippen LogP contribution in [0.15, 0.2) is 24.3 Å². The Labute approximate surface area is 107 Å². The van der Waals surface area contributed by atoms with E-state index in [1.165, 1.54) is 12.1 Å². The lowest BCUT2D eigenvalue weighted by atomic mass is 10.1. The van der Waals surface area contributed by atoms with Crippen LogP contribution in [-0.2, 0) is 17.0 Å². The van der Waals surface area contributed by atoms with Gasteiger partial charge >= 0.3 is 6.18 Å². The first kappa shape index (κ1) is 15.2. The molecule has 102 valence electrons. The third-order valence-corrected chi connectivity index (χ3v) is 4.03. The Hall–Kier alpha value is -0.880. The van der Waals surface area contributed by atoms with E-state index in [1.807, 2.05) is 6.92 Å². The number of nitrogens with two attached hydrogens (primary N) is 1. The second-order valence-corrected chi connectivity index (χ2v) is 5.66. The van der Waals surface area contributed by atoms with Crippen LogP contribution in [-0.4, -0.2) is 15.7 Å². The summed E-state index contributed by atoms with van der Waals surface area (Å²) in [5.74, 6) is 0.710. The van der Waals surface area contributed by atoms with E-state index in [9.17, 15) is 17.4 Å². The summed E-state index contributed by atoms with van der Waals surface area (Å²) in [6.45, 7) is 1.90. The highest BCUT2D eigenvalue weighted by Crippen LogP contribution is 2.30. The summed E-state index contributed by atoms with van der Waals surface area (Å²) in [4.78, 5) is 0. The number of rotatable bonds is 5. The van der Waals surface area contributed by atoms with Gasteiger partial charge in [-0.1, -0.05) is 19.1 Å². The fraction of sp³-hybridized carbons (Fsp3) is 0.500. The molecule has 0 spiro atoms. The van der Waals surface area contributed by atoms with Crippen molar-refractivity contribution >= 4 is 10.8 Å². The fourth-order valence-electron chi connectivity index (χ4n) is 1.55. The van der Waals surface area contributed by atoms with Crippen LogP contribution in [0, 0.1) is 0 Å². The van der Waals surface area contributed by atoms with Crippen molar-refractivity contribution in [2.75, 3.05) is 11.5 Å². The van der Waals surface area contributed by atoms with Gasteiger partial charge in [-0.15, -0.1) is 0 Å². The molecule has 0 radical (unpaired) electrons. The minimum absolute atomic E-state index is 0.190. The van der Waals surface area contributed by atoms with Crippen molar-refractivity contribution in [3.05, 3.63) is 35.4 Å². The standard InChI is InChI=1S/C12H16F3NOS/c1-2-6-18(17)8-11(16)9-4-3-5-10(7-9)12(13,14)15/h3-5,7,11H,2,6,8,16H2,1H3. The summed E-state index contributed by atoms with van der Waals surface area (Å²) < 4.78 is 49.1. The highest BCUT2D eigenvalue weighted by Gasteiger charge is 2.30. The van der Waals surface area contributed by atoms with E-state index in [4.69, 9.17) is 5.73 Å². The van der Waals surface area contributed by atoms with E-state index < -0.39 is 28.6 Å². The van der Waals surface area contributed by atoms with Crippen LogP contribution in [0.3, 0.4) is 0 Å². The Bertz CT molecular complexity index is 420. The molecule has 0 saturated carbocycles. The summed E-state index contributed by atoms with van der Waals surface area (Å²) in [7, 11) is -1.08. The SMILES string of the molecule is CCCS(=O)CC(N)c1cccc(C(F)(F)F)c1. The van der Waals surface area contributed by atoms with Crippen LogP contribution in [0.4, 0.5) is 13.2 Å². The van der Waals surface area contributed by atoms with Crippen molar-refractivity contribution in [3.63, 3.8) is 0 Å². The molecule has 1 aromatic rings. The zero-order valence-electron chi connectivity index (χ0n) is 10.0. The Morgan fingerprint density at radius 3 is 2.61 bits per heavy atom. The van der Waals surface area contributed by atoms with Gasteiger partial charge < -0.3 is 5.73 Å². The lowest BCUT2D eigenvalue weighted by molar-refractivity contribution is -0.137. The van der Waals surface area contributed by atoms with Gasteiger partial charge in [0.05, 0.1) is 5.56 Å². The Morgan fingerprint density at radius 1 is 1.39 bits per heavy atom. The van der Waals surface area contributed by atoms with Gasteiger partial charge in [0, 0.05) is 28.3 Å². The smallest absolute Gasteiger partial charge is 0.323 e. The molecular formula is C12H16F3NOS. The van der Waals surface area contributed by atoms with Gasteiger partial charge in [0.15, 0.2) is 0 Å². The molecule has 6 heteroatoms. The summed E-state index contributed by atoms with van der Waals surface area (Å²) in [5, 5.41) is 0. The molecular weight excluding hydrogens is 263 g/mol. The fourth-order valence-corrected chi connectivity index (χ4v) is 2.77. The maximum absolute atomic E-state index is 12.5. The van der Waals surface area contributed by atoms with Gasteiger partial charge in [-0.05, 0) is 24.1 Å². The molecule has 0 aliphatic carbocycles. The van der Waals surface area contributed by atoms with Crippen molar-refractivity contribution in [2.45, 2.75) is 25.6 Å². The number of alkyl halides is 3. The van der Waals surface area contributed by atoms with Gasteiger partial charge in [-0.2, -0.15) is 13.2 Å². The van der Waals surface area contributed by atoms with Gasteiger partial charge in [0.25, 0.3) is 0 Å². The maximum atomic E-state index is 12.5. The largest absolute Gasteiger partial charge is 0.416 e. The first-order valence-corrected chi connectivity index (χ1v) is 7.11. The minimum Gasteiger partial charge on any atom is -0.323 e. The Balaban J connectivity index is 2.80. The maximum Gasteiger partial charge on any atom is 0.416 e. The molecule has 0 amide bonds. The van der Waals surface area contributed by atoms with E-state index in [1.54, 1.807) is 0 Å². The molecule has 2 unspecified atom stereocenters. The molecule has 0 saturated heterocycles. The predicted molar refractivity (Wildman–Crippen MR) is 66.5 cm³/mol. The molecule has 1 aromatic carbocycles. The second-order valence-electron chi connectivity index (χ2n) is 4.04. The van der Waals surface area contributed by atoms with Crippen LogP contribution >= 0.6 is 0 Å². The summed E-state index contributed by atoms with van der Waals surface area (Å²) >= 11 is 0. The third-order valence-electron chi connectivity index (χ3n) is 2.44. The lowest BCUT2D eigenvalue weighted by Gasteiger charge is -2.14. The molecule has 0 aromatic heterocycles. The Morgan fingerprint density at radius 2 is 2.06 bits per heavy atom. The summed E-state index contributed by atoms with van der Waals surface area (Å²) in [6, 6.07) is 4.25. The monoisotopic (exact) mass is 279 g/mol. The predicted octanol–water partition coefficient (Wildman–Crippen LogP) is 2.86. The van der Waals surface area contributed by atoms with E-state index in [-0.39, 0.29) is 5.75 Å². The molecule has 0 aliphatic heterocycles. The average molecular weight is 279 g/mol. The second kappa shape index (κ2) is 6.33. The zero-order valence-corrected chi connectivity index (χ0v) is 10.9. The van der Waals surface area contributed by atoms with Crippen LogP contribution in [0.1, 0.15) is 30.5 Å². The number of hydrogen-bond donors (Lipinski definition) is 1. The quantitative estimate of drug-likeness (QED) is 0.900. The van der Waals surface area contributed by atoms with Gasteiger partial charge in [-0.25, -0.2) is 0 Å². The molecule has 2 atom stereocenters. The van der Waals surface area contributed by atoms with E-state index in [0.29, 0.717) is 11.3 Å². The molecule has 1 rings (SSSR count). The van der Waals surface area contributed by atoms with Crippen LogP contribution in [0.25, 0.3) is 0 Å². The van der Waals surface area contributed by atoms with Crippen molar-refractivity contribution < 1.29 is 17.4 Å². The van der Waals surface area contributed by atoms with Crippen molar-refractivity contribution in [2.24, 2.45) is 5.73 Å². The highest BCUT2D eigenvalue weighted by atomic mass is 32.2. The number of hydrogen-bond acceptors (Lipinski definition) is 2. The van der Waals surface area contributed by atoms with Crippen molar-refractivity contribution in [3.8, 4) is 0 Å². The molecule has 0 bridgehead atoms. The summed E-state index contributed by atoms with van der Waals surface area (Å²) in [5.41, 5.74) is 5.42. The van der Waals surface area contributed by atoms with Crippen LogP contribution in [0.5, 0.6) is 0 Å². The normalized spacial score (nSPS) is 15.4. The van der Waals surface area contributed by atoms with E-state index in [0.717, 1.165) is 18.6 Å². The van der Waals surface area contributed by atoms with Gasteiger partial charge in [0.2, 0.25) is 0 Å². The molecule has 0 heterocycles. The van der Waals surface area contributed by atoms with Gasteiger partial charge in [-0.3, -0.25) is 4.21 Å². The van der Waals surface area contributed by atoms with E-state index >= 15 is 0 Å². The average Bonchev–Trinajstić information content (AvgIpc) is 2.28. The van der Waals surface area contributed by atoms with Crippen LogP contribution < -0.4 is 5.73 Å². The molecule has 0 aliphatic rings. The lowest BCUT2D eigenvalue weighted by Crippen LogP contribution is -2.20. The van der Waals surface area contributed by atoms with Gasteiger partial charge in [0.1, 0.15) is 0 Å². The number of halogens is 3. The minimum atomic E-state index is -4.38. The molecule has 18 heavy (non-hydrogen) atoms. The van der Waals surface area contributed by atoms with E-state index in [2.05, 4.69) is 0 Å². The zero-order chi connectivity index (χ0) is 13.8. The van der Waals surface area contributed by atoms with Crippen molar-refractivity contribution in [1.29, 1.82) is 0 Å². The molecule has 2 N–H and O–H groups in total. The Kier molecular flexibility index (Phi) is 5.34.